The summed E-state index contributed by atoms with van der Waals surface area (Å²) in [6, 6.07) is 77.1. The van der Waals surface area contributed by atoms with Crippen molar-refractivity contribution >= 4 is 132 Å². The van der Waals surface area contributed by atoms with E-state index in [1.54, 1.807) is 0 Å². The first-order chi connectivity index (χ1) is 45.4. The third kappa shape index (κ3) is 8.23. The highest BCUT2D eigenvalue weighted by molar-refractivity contribution is 7.00. The minimum atomic E-state index is -0.102. The Bertz CT molecular complexity index is 5860. The molecule has 7 heterocycles. The van der Waals surface area contributed by atoms with Crippen LogP contribution < -0.4 is 16.4 Å². The van der Waals surface area contributed by atoms with Gasteiger partial charge in [-0.1, -0.05) is 210 Å². The first-order valence-electron chi connectivity index (χ1n) is 35.0. The highest BCUT2D eigenvalue weighted by Crippen LogP contribution is 2.48. The van der Waals surface area contributed by atoms with Gasteiger partial charge in [-0.2, -0.15) is 0 Å². The normalized spacial score (nSPS) is 13.9. The molecule has 96 heavy (non-hydrogen) atoms. The summed E-state index contributed by atoms with van der Waals surface area (Å²) in [5.41, 5.74) is 30.2. The molecule has 0 amide bonds. The summed E-state index contributed by atoms with van der Waals surface area (Å²) in [5, 5.41) is 12.8. The monoisotopic (exact) mass is 1250 g/mol. The molecule has 0 aliphatic carbocycles. The van der Waals surface area contributed by atoms with Gasteiger partial charge in [-0.15, -0.1) is 0 Å². The van der Waals surface area contributed by atoms with Crippen LogP contribution >= 0.6 is 0 Å². The largest absolute Gasteiger partial charge is 0.310 e. The molecule has 2 aliphatic heterocycles. The van der Waals surface area contributed by atoms with Crippen LogP contribution in [0.5, 0.6) is 0 Å². The topological polar surface area (TPSA) is 24.6 Å². The maximum absolute atomic E-state index is 2.70. The number of hydrogen-bond donors (Lipinski definition) is 0. The maximum atomic E-state index is 2.70. The van der Waals surface area contributed by atoms with Gasteiger partial charge >= 0.3 is 0 Å². The molecule has 0 fully saturated rings. The van der Waals surface area contributed by atoms with Gasteiger partial charge in [0, 0.05) is 87.6 Å². The molecular weight excluding hydrogens is 1160 g/mol. The van der Waals surface area contributed by atoms with Crippen molar-refractivity contribution in [2.75, 3.05) is 0 Å². The van der Waals surface area contributed by atoms with Crippen LogP contribution in [-0.4, -0.2) is 29.5 Å². The second-order valence-electron chi connectivity index (χ2n) is 34.8. The van der Waals surface area contributed by atoms with E-state index in [4.69, 9.17) is 0 Å². The molecule has 18 rings (SSSR count). The average Bonchev–Trinajstić information content (AvgIpc) is 1.44. The van der Waals surface area contributed by atoms with E-state index in [-0.39, 0.29) is 39.2 Å². The van der Waals surface area contributed by atoms with Crippen LogP contribution in [-0.2, 0) is 32.5 Å². The van der Waals surface area contributed by atoms with Crippen LogP contribution in [0.1, 0.15) is 158 Å². The average molecular weight is 1250 g/mol. The molecule has 0 saturated heterocycles. The molecule has 0 N–H and O–H groups in total. The van der Waals surface area contributed by atoms with E-state index in [0.717, 1.165) is 17.1 Å². The Balaban J connectivity index is 0.959. The Morgan fingerprint density at radius 2 is 0.521 bits per heavy atom. The van der Waals surface area contributed by atoms with Crippen molar-refractivity contribution in [2.45, 2.75) is 157 Å². The zero-order valence-electron chi connectivity index (χ0n) is 59.3. The summed E-state index contributed by atoms with van der Waals surface area (Å²) in [6.45, 7) is 42.4. The van der Waals surface area contributed by atoms with E-state index in [1.807, 2.05) is 0 Å². The second kappa shape index (κ2) is 19.2. The number of fused-ring (bicyclic) bond motifs is 20. The van der Waals surface area contributed by atoms with Crippen LogP contribution in [0, 0.1) is 0 Å². The predicted molar refractivity (Wildman–Crippen MR) is 415 cm³/mol. The van der Waals surface area contributed by atoms with Gasteiger partial charge in [0.05, 0.1) is 49.8 Å². The van der Waals surface area contributed by atoms with E-state index in [2.05, 4.69) is 342 Å². The Hall–Kier alpha value is -9.52. The highest BCUT2D eigenvalue weighted by atomic mass is 15.1. The molecule has 474 valence electrons. The van der Waals surface area contributed by atoms with E-state index in [0.29, 0.717) is 0 Å². The molecule has 0 atom stereocenters. The number of hydrogen-bond acceptors (Lipinski definition) is 0. The Kier molecular flexibility index (Phi) is 11.8. The van der Waals surface area contributed by atoms with Crippen molar-refractivity contribution in [3.05, 3.63) is 228 Å². The molecule has 0 bridgehead atoms. The Morgan fingerprint density at radius 1 is 0.219 bits per heavy atom. The molecule has 5 aromatic heterocycles. The van der Waals surface area contributed by atoms with Gasteiger partial charge in [0.2, 0.25) is 0 Å². The zero-order valence-corrected chi connectivity index (χ0v) is 59.3. The Labute approximate surface area is 564 Å². The fourth-order valence-corrected chi connectivity index (χ4v) is 17.0. The molecular formula is C90H86BN5. The van der Waals surface area contributed by atoms with Gasteiger partial charge in [-0.05, 0) is 191 Å². The van der Waals surface area contributed by atoms with Gasteiger partial charge < -0.3 is 22.8 Å². The molecule has 0 saturated carbocycles. The summed E-state index contributed by atoms with van der Waals surface area (Å²) in [6.07, 6.45) is 0. The fourth-order valence-electron chi connectivity index (χ4n) is 17.0. The van der Waals surface area contributed by atoms with Crippen LogP contribution in [0.3, 0.4) is 0 Å². The van der Waals surface area contributed by atoms with Crippen molar-refractivity contribution in [3.63, 3.8) is 0 Å². The lowest BCUT2D eigenvalue weighted by molar-refractivity contribution is 0.590. The second-order valence-corrected chi connectivity index (χ2v) is 34.8. The first kappa shape index (κ1) is 59.0. The van der Waals surface area contributed by atoms with Gasteiger partial charge in [0.15, 0.2) is 0 Å². The molecule has 0 spiro atoms. The van der Waals surface area contributed by atoms with Crippen molar-refractivity contribution in [3.8, 4) is 28.4 Å². The first-order valence-corrected chi connectivity index (χ1v) is 35.0. The highest BCUT2D eigenvalue weighted by Gasteiger charge is 2.43. The molecule has 0 unspecified atom stereocenters. The molecule has 16 aromatic rings. The molecule has 6 heteroatoms. The van der Waals surface area contributed by atoms with Gasteiger partial charge in [-0.3, -0.25) is 0 Å². The standard InChI is InChI=1S/C90H86BN5/c1-85(2,3)51-27-37-74-64(41-51)65-42-52(86(4,5)6)28-38-75(65)92(74)57-31-33-58(34-32-57)93-72-25-21-19-23-60(72)62-35-36-63-61-24-20-22-26-73(61)94(84(63)83(62)93)59-49-78-80-79(50-59)96-77-40-30-54(88(10,11)12)44-67(77)69-46-56(90(16,17)18)48-71(82(69)96)91(80)70-47-55(89(13,14)15)45-68-66-43-53(87(7,8)9)29-39-76(66)95(78)81(68)70/h19-50H,1-18H3. The van der Waals surface area contributed by atoms with Crippen molar-refractivity contribution in [1.82, 2.24) is 22.8 Å². The van der Waals surface area contributed by atoms with Crippen molar-refractivity contribution in [2.24, 2.45) is 0 Å². The van der Waals surface area contributed by atoms with Gasteiger partial charge in [0.1, 0.15) is 0 Å². The van der Waals surface area contributed by atoms with Crippen molar-refractivity contribution < 1.29 is 0 Å². The number of nitrogens with zero attached hydrogens (tertiary/aromatic N) is 5. The fraction of sp³-hybridized carbons (Fsp3) is 0.267. The van der Waals surface area contributed by atoms with Crippen LogP contribution in [0.15, 0.2) is 194 Å². The Morgan fingerprint density at radius 3 is 0.885 bits per heavy atom. The third-order valence-electron chi connectivity index (χ3n) is 22.3. The van der Waals surface area contributed by atoms with E-state index in [1.165, 1.54) is 170 Å². The number of benzene rings is 11. The van der Waals surface area contributed by atoms with Gasteiger partial charge in [0.25, 0.3) is 6.71 Å². The molecule has 0 radical (unpaired) electrons. The van der Waals surface area contributed by atoms with Crippen LogP contribution in [0.25, 0.3) is 137 Å². The van der Waals surface area contributed by atoms with E-state index >= 15 is 0 Å². The van der Waals surface area contributed by atoms with Gasteiger partial charge in [-0.25, -0.2) is 0 Å². The summed E-state index contributed by atoms with van der Waals surface area (Å²) in [4.78, 5) is 0. The van der Waals surface area contributed by atoms with Crippen molar-refractivity contribution in [1.29, 1.82) is 0 Å². The number of rotatable bonds is 3. The lowest BCUT2D eigenvalue weighted by Gasteiger charge is -2.36. The third-order valence-corrected chi connectivity index (χ3v) is 22.3. The minimum absolute atomic E-state index is 0.0125. The number of aromatic nitrogens is 5. The van der Waals surface area contributed by atoms with Crippen LogP contribution in [0.4, 0.5) is 0 Å². The van der Waals surface area contributed by atoms with E-state index in [9.17, 15) is 0 Å². The van der Waals surface area contributed by atoms with Crippen LogP contribution in [0.2, 0.25) is 0 Å². The summed E-state index contributed by atoms with van der Waals surface area (Å²) >= 11 is 0. The molecule has 11 aromatic carbocycles. The molecule has 5 nitrogen and oxygen atoms in total. The van der Waals surface area contributed by atoms with E-state index < -0.39 is 0 Å². The summed E-state index contributed by atoms with van der Waals surface area (Å²) < 4.78 is 13.1. The summed E-state index contributed by atoms with van der Waals surface area (Å²) in [7, 11) is 0. The molecule has 2 aliphatic rings. The summed E-state index contributed by atoms with van der Waals surface area (Å²) in [5.74, 6) is 0. The zero-order chi connectivity index (χ0) is 66.7. The smallest absolute Gasteiger partial charge is 0.252 e. The minimum Gasteiger partial charge on any atom is -0.310 e. The lowest BCUT2D eigenvalue weighted by atomic mass is 9.34. The predicted octanol–water partition coefficient (Wildman–Crippen LogP) is 22.1. The maximum Gasteiger partial charge on any atom is 0.252 e. The SMILES string of the molecule is CC(C)(C)c1ccc2c(c1)c1cc(C(C)(C)C)ccc1n2-c1ccc(-n2c3ccccc3c3ccc4c5ccccc5n(-c5cc6c7c(c5)-n5c8ccc(C(C)(C)C)cc8c8cc(C(C)(C)C)cc(c85)B7c5cc(C(C)(C)C)cc7c8cc(C(C)(C)C)ccc8n-6c57)c4c32)cc1. The number of para-hydroxylation sites is 2. The quantitative estimate of drug-likeness (QED) is 0.158. The lowest BCUT2D eigenvalue weighted by Crippen LogP contribution is -2.59.